The van der Waals surface area contributed by atoms with Crippen LogP contribution >= 0.6 is 0 Å². The summed E-state index contributed by atoms with van der Waals surface area (Å²) in [6.07, 6.45) is -0.243. The smallest absolute Gasteiger partial charge is 0.410 e. The van der Waals surface area contributed by atoms with Gasteiger partial charge in [0.05, 0.1) is 0 Å². The third-order valence-electron chi connectivity index (χ3n) is 4.81. The van der Waals surface area contributed by atoms with Crippen LogP contribution in [0.4, 0.5) is 10.6 Å². The lowest BCUT2D eigenvalue weighted by molar-refractivity contribution is 0.0240. The predicted octanol–water partition coefficient (Wildman–Crippen LogP) is 2.35. The third kappa shape index (κ3) is 4.38. The Labute approximate surface area is 155 Å². The third-order valence-corrected chi connectivity index (χ3v) is 4.81. The van der Waals surface area contributed by atoms with Crippen LogP contribution in [0.15, 0.2) is 12.1 Å². The number of ether oxygens (including phenoxy) is 2. The molecule has 1 amide bonds. The number of nitrogens with zero attached hydrogens (tertiary/aromatic N) is 4. The fourth-order valence-electron chi connectivity index (χ4n) is 3.08. The van der Waals surface area contributed by atoms with Crippen molar-refractivity contribution < 1.29 is 14.3 Å². The number of rotatable bonds is 1. The van der Waals surface area contributed by atoms with Gasteiger partial charge in [0.2, 0.25) is 5.88 Å². The molecule has 0 N–H and O–H groups in total. The Hall–Kier alpha value is -2.02. The first kappa shape index (κ1) is 18.8. The fourth-order valence-corrected chi connectivity index (χ4v) is 3.08. The maximum Gasteiger partial charge on any atom is 0.410 e. The van der Waals surface area contributed by atoms with E-state index >= 15 is 0 Å². The molecule has 3 rings (SSSR count). The van der Waals surface area contributed by atoms with E-state index in [1.54, 1.807) is 4.90 Å². The monoisotopic (exact) mass is 362 g/mol. The summed E-state index contributed by atoms with van der Waals surface area (Å²) in [5.74, 6) is 1.64. The average molecular weight is 362 g/mol. The number of pyridine rings is 1. The van der Waals surface area contributed by atoms with Crippen LogP contribution in [0.3, 0.4) is 0 Å². The zero-order valence-corrected chi connectivity index (χ0v) is 16.5. The van der Waals surface area contributed by atoms with Gasteiger partial charge >= 0.3 is 6.09 Å². The number of aromatic nitrogens is 1. The molecular weight excluding hydrogens is 332 g/mol. The lowest BCUT2D eigenvalue weighted by Crippen LogP contribution is -2.50. The van der Waals surface area contributed by atoms with E-state index in [1.165, 1.54) is 0 Å². The Morgan fingerprint density at radius 3 is 2.58 bits per heavy atom. The Morgan fingerprint density at radius 1 is 1.23 bits per heavy atom. The van der Waals surface area contributed by atoms with Crippen LogP contribution in [-0.2, 0) is 11.3 Å². The molecule has 2 aliphatic rings. The first-order valence-electron chi connectivity index (χ1n) is 9.29. The molecular formula is C19H30N4O3. The van der Waals surface area contributed by atoms with Crippen LogP contribution in [-0.4, -0.2) is 72.4 Å². The van der Waals surface area contributed by atoms with Crippen molar-refractivity contribution in [2.24, 2.45) is 0 Å². The molecule has 7 heteroatoms. The molecule has 1 unspecified atom stereocenters. The topological polar surface area (TPSA) is 58.1 Å². The van der Waals surface area contributed by atoms with Crippen molar-refractivity contribution in [3.8, 4) is 5.88 Å². The van der Waals surface area contributed by atoms with Gasteiger partial charge in [0.25, 0.3) is 0 Å². The zero-order valence-electron chi connectivity index (χ0n) is 16.5. The molecule has 1 aromatic rings. The van der Waals surface area contributed by atoms with Gasteiger partial charge in [-0.25, -0.2) is 4.79 Å². The highest BCUT2D eigenvalue weighted by atomic mass is 16.6. The number of carbonyl (C=O) groups excluding carboxylic acids is 1. The molecule has 0 radical (unpaired) electrons. The van der Waals surface area contributed by atoms with E-state index in [-0.39, 0.29) is 6.09 Å². The number of likely N-dealkylation sites (N-methyl/N-ethyl adjacent to an activating group) is 1. The number of hydrogen-bond donors (Lipinski definition) is 0. The van der Waals surface area contributed by atoms with Crippen LogP contribution in [0.1, 0.15) is 33.3 Å². The molecule has 7 nitrogen and oxygen atoms in total. The van der Waals surface area contributed by atoms with E-state index in [0.29, 0.717) is 25.7 Å². The van der Waals surface area contributed by atoms with Gasteiger partial charge < -0.3 is 19.3 Å². The van der Waals surface area contributed by atoms with Crippen LogP contribution in [0.2, 0.25) is 0 Å². The number of piperazine rings is 1. The Balaban J connectivity index is 1.63. The fraction of sp³-hybridized carbons (Fsp3) is 0.684. The molecule has 1 aromatic heterocycles. The number of amides is 1. The number of fused-ring (bicyclic) bond motifs is 1. The Bertz CT molecular complexity index is 651. The summed E-state index contributed by atoms with van der Waals surface area (Å²) >= 11 is 0. The number of hydrogen-bond acceptors (Lipinski definition) is 6. The molecule has 0 aromatic carbocycles. The van der Waals surface area contributed by atoms with E-state index < -0.39 is 5.60 Å². The summed E-state index contributed by atoms with van der Waals surface area (Å²) in [5.41, 5.74) is 0.655. The predicted molar refractivity (Wildman–Crippen MR) is 101 cm³/mol. The summed E-state index contributed by atoms with van der Waals surface area (Å²) in [4.78, 5) is 23.2. The Kier molecular flexibility index (Phi) is 5.27. The van der Waals surface area contributed by atoms with Gasteiger partial charge in [0, 0.05) is 44.3 Å². The maximum absolute atomic E-state index is 12.2. The largest absolute Gasteiger partial charge is 0.476 e. The lowest BCUT2D eigenvalue weighted by Gasteiger charge is -2.36. The van der Waals surface area contributed by atoms with E-state index in [9.17, 15) is 4.79 Å². The van der Waals surface area contributed by atoms with Crippen molar-refractivity contribution in [3.63, 3.8) is 0 Å². The number of carbonyl (C=O) groups is 1. The molecule has 3 heterocycles. The first-order valence-corrected chi connectivity index (χ1v) is 9.29. The molecule has 0 spiro atoms. The van der Waals surface area contributed by atoms with Crippen LogP contribution < -0.4 is 9.64 Å². The molecule has 26 heavy (non-hydrogen) atoms. The molecule has 0 bridgehead atoms. The van der Waals surface area contributed by atoms with Crippen molar-refractivity contribution in [1.82, 2.24) is 14.8 Å². The van der Waals surface area contributed by atoms with Crippen LogP contribution in [0, 0.1) is 0 Å². The summed E-state index contributed by atoms with van der Waals surface area (Å²) in [6, 6.07) is 4.52. The second-order valence-electron chi connectivity index (χ2n) is 8.16. The van der Waals surface area contributed by atoms with Gasteiger partial charge in [-0.2, -0.15) is 4.98 Å². The molecule has 1 fully saturated rings. The van der Waals surface area contributed by atoms with Gasteiger partial charge in [-0.3, -0.25) is 4.90 Å². The van der Waals surface area contributed by atoms with Crippen molar-refractivity contribution in [3.05, 3.63) is 17.7 Å². The standard InChI is InChI=1S/C19H30N4O3/c1-14-13-25-17-15(12-21(14)5)6-7-16(20-17)22-8-10-23(11-9-22)18(24)26-19(2,3)4/h6-7,14H,8-13H2,1-5H3. The quantitative estimate of drug-likeness (QED) is 0.764. The highest BCUT2D eigenvalue weighted by molar-refractivity contribution is 5.68. The van der Waals surface area contributed by atoms with Crippen LogP contribution in [0.25, 0.3) is 0 Å². The molecule has 0 saturated carbocycles. The van der Waals surface area contributed by atoms with Crippen molar-refractivity contribution in [1.29, 1.82) is 0 Å². The normalized spacial score (nSPS) is 21.7. The second-order valence-corrected chi connectivity index (χ2v) is 8.16. The van der Waals surface area contributed by atoms with E-state index in [2.05, 4.69) is 35.9 Å². The van der Waals surface area contributed by atoms with Gasteiger partial charge in [-0.05, 0) is 46.9 Å². The highest BCUT2D eigenvalue weighted by Crippen LogP contribution is 2.26. The molecule has 1 saturated heterocycles. The van der Waals surface area contributed by atoms with E-state index in [1.807, 2.05) is 20.8 Å². The lowest BCUT2D eigenvalue weighted by atomic mass is 10.2. The SMILES string of the molecule is CC1COc2nc(N3CCN(C(=O)OC(C)(C)C)CC3)ccc2CN1C. The minimum absolute atomic E-state index is 0.243. The summed E-state index contributed by atoms with van der Waals surface area (Å²) < 4.78 is 11.4. The van der Waals surface area contributed by atoms with Gasteiger partial charge in [-0.15, -0.1) is 0 Å². The van der Waals surface area contributed by atoms with Crippen molar-refractivity contribution >= 4 is 11.9 Å². The van der Waals surface area contributed by atoms with E-state index in [0.717, 1.165) is 36.9 Å². The van der Waals surface area contributed by atoms with Crippen LogP contribution in [0.5, 0.6) is 5.88 Å². The first-order chi connectivity index (χ1) is 12.2. The van der Waals surface area contributed by atoms with Gasteiger partial charge in [0.15, 0.2) is 0 Å². The maximum atomic E-state index is 12.2. The van der Waals surface area contributed by atoms with E-state index in [4.69, 9.17) is 14.5 Å². The van der Waals surface area contributed by atoms with Gasteiger partial charge in [0.1, 0.15) is 18.0 Å². The summed E-state index contributed by atoms with van der Waals surface area (Å²) in [6.45, 7) is 12.0. The van der Waals surface area contributed by atoms with Crippen molar-refractivity contribution in [2.75, 3.05) is 44.7 Å². The zero-order chi connectivity index (χ0) is 18.9. The molecule has 2 aliphatic heterocycles. The molecule has 1 atom stereocenters. The number of anilines is 1. The summed E-state index contributed by atoms with van der Waals surface area (Å²) in [7, 11) is 2.10. The van der Waals surface area contributed by atoms with Crippen molar-refractivity contribution in [2.45, 2.75) is 45.9 Å². The minimum atomic E-state index is -0.464. The summed E-state index contributed by atoms with van der Waals surface area (Å²) in [5, 5.41) is 0. The van der Waals surface area contributed by atoms with Gasteiger partial charge in [-0.1, -0.05) is 0 Å². The molecule has 144 valence electrons. The minimum Gasteiger partial charge on any atom is -0.476 e. The second kappa shape index (κ2) is 7.31. The Morgan fingerprint density at radius 2 is 1.92 bits per heavy atom. The molecule has 0 aliphatic carbocycles. The highest BCUT2D eigenvalue weighted by Gasteiger charge is 2.27. The average Bonchev–Trinajstić information content (AvgIpc) is 2.72.